The molecule has 0 bridgehead atoms. The highest BCUT2D eigenvalue weighted by Gasteiger charge is 2.28. The van der Waals surface area contributed by atoms with Gasteiger partial charge in [-0.3, -0.25) is 9.69 Å². The fourth-order valence-electron chi connectivity index (χ4n) is 2.99. The summed E-state index contributed by atoms with van der Waals surface area (Å²) in [5, 5.41) is 9.70. The van der Waals surface area contributed by atoms with Crippen LogP contribution in [0, 0.1) is 11.7 Å². The molecular formula is C15H19FN4O2. The first-order chi connectivity index (χ1) is 10.5. The molecule has 7 heteroatoms. The predicted octanol–water partition coefficient (Wildman–Crippen LogP) is 0.760. The fourth-order valence-corrected chi connectivity index (χ4v) is 2.99. The van der Waals surface area contributed by atoms with Crippen LogP contribution in [0.3, 0.4) is 0 Å². The molecule has 0 saturated carbocycles. The van der Waals surface area contributed by atoms with Crippen molar-refractivity contribution in [2.24, 2.45) is 11.7 Å². The maximum Gasteiger partial charge on any atom is 0.246 e. The van der Waals surface area contributed by atoms with E-state index in [1.165, 1.54) is 6.07 Å². The number of nitrogens with zero attached hydrogens (tertiary/aromatic N) is 2. The minimum absolute atomic E-state index is 0.0816. The maximum absolute atomic E-state index is 13.6. The molecule has 1 aliphatic heterocycles. The average molecular weight is 306 g/mol. The quantitative estimate of drug-likeness (QED) is 0.777. The van der Waals surface area contributed by atoms with E-state index in [4.69, 9.17) is 5.73 Å². The van der Waals surface area contributed by atoms with Crippen LogP contribution in [0.2, 0.25) is 0 Å². The smallest absolute Gasteiger partial charge is 0.246 e. The number of nitrogens with two attached hydrogens (primary N) is 1. The van der Waals surface area contributed by atoms with Crippen molar-refractivity contribution < 1.29 is 14.3 Å². The van der Waals surface area contributed by atoms with Gasteiger partial charge in [-0.15, -0.1) is 0 Å². The third-order valence-electron chi connectivity index (χ3n) is 4.26. The first kappa shape index (κ1) is 14.9. The Morgan fingerprint density at radius 2 is 2.23 bits per heavy atom. The Bertz CT molecular complexity index is 679. The van der Waals surface area contributed by atoms with E-state index in [1.54, 1.807) is 12.1 Å². The van der Waals surface area contributed by atoms with Gasteiger partial charge in [0, 0.05) is 0 Å². The van der Waals surface area contributed by atoms with Crippen LogP contribution in [-0.2, 0) is 11.3 Å². The van der Waals surface area contributed by atoms with Crippen LogP contribution in [0.5, 0.6) is 0 Å². The van der Waals surface area contributed by atoms with E-state index in [0.29, 0.717) is 36.2 Å². The van der Waals surface area contributed by atoms with Gasteiger partial charge < -0.3 is 15.8 Å². The number of carbonyl (C=O) groups is 1. The number of hydrogen-bond acceptors (Lipinski definition) is 4. The standard InChI is InChI=1S/C15H19FN4O2/c16-10-2-1-3-11-13(10)19-12(18-11)8-20-6-4-9(5-7-20)14(21)15(17)22/h1-3,9,14,21H,4-8H2,(H2,17,22)(H,18,19). The van der Waals surface area contributed by atoms with Crippen LogP contribution in [-0.4, -0.2) is 45.1 Å². The number of amides is 1. The Hall–Kier alpha value is -1.99. The second-order valence-corrected chi connectivity index (χ2v) is 5.78. The number of hydrogen-bond donors (Lipinski definition) is 3. The van der Waals surface area contributed by atoms with Gasteiger partial charge in [-0.1, -0.05) is 6.07 Å². The zero-order valence-electron chi connectivity index (χ0n) is 12.1. The molecule has 0 aliphatic carbocycles. The molecule has 6 nitrogen and oxygen atoms in total. The lowest BCUT2D eigenvalue weighted by Gasteiger charge is -2.32. The summed E-state index contributed by atoms with van der Waals surface area (Å²) >= 11 is 0. The molecule has 3 rings (SSSR count). The van der Waals surface area contributed by atoms with E-state index >= 15 is 0 Å². The largest absolute Gasteiger partial charge is 0.383 e. The first-order valence-electron chi connectivity index (χ1n) is 7.37. The summed E-state index contributed by atoms with van der Waals surface area (Å²) in [6, 6.07) is 4.84. The summed E-state index contributed by atoms with van der Waals surface area (Å²) < 4.78 is 13.6. The van der Waals surface area contributed by atoms with Gasteiger partial charge in [0.15, 0.2) is 5.82 Å². The van der Waals surface area contributed by atoms with Crippen LogP contribution in [0.25, 0.3) is 11.0 Å². The molecule has 1 aliphatic rings. The molecule has 1 fully saturated rings. The molecule has 1 saturated heterocycles. The Morgan fingerprint density at radius 3 is 2.86 bits per heavy atom. The fraction of sp³-hybridized carbons (Fsp3) is 0.467. The summed E-state index contributed by atoms with van der Waals surface area (Å²) in [7, 11) is 0. The number of imidazole rings is 1. The van der Waals surface area contributed by atoms with Crippen LogP contribution < -0.4 is 5.73 Å². The van der Waals surface area contributed by atoms with E-state index in [1.807, 2.05) is 0 Å². The second kappa shape index (κ2) is 6.02. The minimum Gasteiger partial charge on any atom is -0.383 e. The van der Waals surface area contributed by atoms with Gasteiger partial charge in [0.1, 0.15) is 17.4 Å². The highest BCUT2D eigenvalue weighted by atomic mass is 19.1. The molecule has 1 aromatic carbocycles. The Labute approximate surface area is 127 Å². The number of piperidine rings is 1. The molecule has 4 N–H and O–H groups in total. The summed E-state index contributed by atoms with van der Waals surface area (Å²) in [6.07, 6.45) is 0.347. The Morgan fingerprint density at radius 1 is 1.50 bits per heavy atom. The van der Waals surface area contributed by atoms with Crippen molar-refractivity contribution in [2.75, 3.05) is 13.1 Å². The van der Waals surface area contributed by atoms with Crippen LogP contribution in [0.4, 0.5) is 4.39 Å². The average Bonchev–Trinajstić information content (AvgIpc) is 2.91. The first-order valence-corrected chi connectivity index (χ1v) is 7.37. The number of benzene rings is 1. The number of H-pyrrole nitrogens is 1. The molecule has 2 heterocycles. The summed E-state index contributed by atoms with van der Waals surface area (Å²) in [6.45, 7) is 2.08. The molecule has 0 radical (unpaired) electrons. The number of fused-ring (bicyclic) bond motifs is 1. The number of aromatic amines is 1. The van der Waals surface area contributed by atoms with Crippen molar-refractivity contribution in [1.29, 1.82) is 0 Å². The number of rotatable bonds is 4. The third-order valence-corrected chi connectivity index (χ3v) is 4.26. The van der Waals surface area contributed by atoms with Crippen molar-refractivity contribution in [2.45, 2.75) is 25.5 Å². The molecule has 1 atom stereocenters. The van der Waals surface area contributed by atoms with Gasteiger partial charge in [-0.2, -0.15) is 0 Å². The monoisotopic (exact) mass is 306 g/mol. The molecule has 1 amide bonds. The predicted molar refractivity (Wildman–Crippen MR) is 79.3 cm³/mol. The number of aliphatic hydroxyl groups excluding tert-OH is 1. The van der Waals surface area contributed by atoms with E-state index in [0.717, 1.165) is 13.1 Å². The van der Waals surface area contributed by atoms with E-state index in [9.17, 15) is 14.3 Å². The van der Waals surface area contributed by atoms with Crippen molar-refractivity contribution >= 4 is 16.9 Å². The van der Waals surface area contributed by atoms with E-state index in [2.05, 4.69) is 14.9 Å². The zero-order valence-corrected chi connectivity index (χ0v) is 12.1. The Balaban J connectivity index is 1.62. The van der Waals surface area contributed by atoms with E-state index in [-0.39, 0.29) is 11.7 Å². The lowest BCUT2D eigenvalue weighted by Crippen LogP contribution is -2.42. The zero-order chi connectivity index (χ0) is 15.7. The number of likely N-dealkylation sites (tertiary alicyclic amines) is 1. The normalized spacial score (nSPS) is 18.6. The maximum atomic E-state index is 13.6. The molecule has 1 unspecified atom stereocenters. The minimum atomic E-state index is -1.07. The van der Waals surface area contributed by atoms with Crippen molar-refractivity contribution in [3.05, 3.63) is 29.8 Å². The SMILES string of the molecule is NC(=O)C(O)C1CCN(Cc2nc3c(F)cccc3[nH]2)CC1. The number of nitrogens with one attached hydrogen (secondary N) is 1. The highest BCUT2D eigenvalue weighted by molar-refractivity contribution is 5.78. The number of para-hydroxylation sites is 1. The van der Waals surface area contributed by atoms with Gasteiger partial charge >= 0.3 is 0 Å². The topological polar surface area (TPSA) is 95.2 Å². The molecule has 2 aromatic rings. The van der Waals surface area contributed by atoms with Crippen molar-refractivity contribution in [3.63, 3.8) is 0 Å². The molecule has 22 heavy (non-hydrogen) atoms. The van der Waals surface area contributed by atoms with Crippen LogP contribution >= 0.6 is 0 Å². The Kier molecular flexibility index (Phi) is 4.08. The molecule has 1 aromatic heterocycles. The number of primary amides is 1. The van der Waals surface area contributed by atoms with Gasteiger partial charge in [0.05, 0.1) is 12.1 Å². The highest BCUT2D eigenvalue weighted by Crippen LogP contribution is 2.22. The summed E-state index contributed by atoms with van der Waals surface area (Å²) in [5.74, 6) is -0.356. The summed E-state index contributed by atoms with van der Waals surface area (Å²) in [4.78, 5) is 20.6. The molecule has 0 spiro atoms. The number of aliphatic hydroxyl groups is 1. The van der Waals surface area contributed by atoms with Crippen LogP contribution in [0.15, 0.2) is 18.2 Å². The van der Waals surface area contributed by atoms with E-state index < -0.39 is 12.0 Å². The van der Waals surface area contributed by atoms with Crippen molar-refractivity contribution in [1.82, 2.24) is 14.9 Å². The number of aromatic nitrogens is 2. The lowest BCUT2D eigenvalue weighted by molar-refractivity contribution is -0.129. The van der Waals surface area contributed by atoms with Gasteiger partial charge in [-0.05, 0) is 44.0 Å². The number of halogens is 1. The second-order valence-electron chi connectivity index (χ2n) is 5.78. The summed E-state index contributed by atoms with van der Waals surface area (Å²) in [5.41, 5.74) is 6.18. The van der Waals surface area contributed by atoms with Gasteiger partial charge in [-0.25, -0.2) is 9.37 Å². The van der Waals surface area contributed by atoms with Gasteiger partial charge in [0.2, 0.25) is 5.91 Å². The molecule has 118 valence electrons. The van der Waals surface area contributed by atoms with Crippen molar-refractivity contribution in [3.8, 4) is 0 Å². The third kappa shape index (κ3) is 2.95. The molecular weight excluding hydrogens is 287 g/mol. The van der Waals surface area contributed by atoms with Gasteiger partial charge in [0.25, 0.3) is 0 Å². The number of carbonyl (C=O) groups excluding carboxylic acids is 1. The van der Waals surface area contributed by atoms with Crippen LogP contribution in [0.1, 0.15) is 18.7 Å². The lowest BCUT2D eigenvalue weighted by atomic mass is 9.91.